The van der Waals surface area contributed by atoms with Crippen LogP contribution in [0.25, 0.3) is 0 Å². The van der Waals surface area contributed by atoms with Gasteiger partial charge in [0.05, 0.1) is 23.8 Å². The maximum atomic E-state index is 13.2. The maximum Gasteiger partial charge on any atom is 0.379 e. The van der Waals surface area contributed by atoms with Crippen LogP contribution in [0.15, 0.2) is 59.2 Å². The van der Waals surface area contributed by atoms with Crippen molar-refractivity contribution in [1.29, 1.82) is 0 Å². The molecule has 5 aliphatic rings. The molecule has 1 saturated heterocycles. The van der Waals surface area contributed by atoms with E-state index in [1.165, 1.54) is 17.2 Å². The Hall–Kier alpha value is -3.15. The predicted octanol–water partition coefficient (Wildman–Crippen LogP) is 3.06. The zero-order valence-electron chi connectivity index (χ0n) is 14.9. The number of carbonyl (C=O) groups excluding carboxylic acids is 3. The van der Waals surface area contributed by atoms with E-state index in [2.05, 4.69) is 12.2 Å². The molecule has 1 aromatic heterocycles. The van der Waals surface area contributed by atoms with Gasteiger partial charge in [0.15, 0.2) is 0 Å². The number of esters is 1. The van der Waals surface area contributed by atoms with Gasteiger partial charge >= 0.3 is 5.97 Å². The van der Waals surface area contributed by atoms with Gasteiger partial charge in [0.1, 0.15) is 5.75 Å². The Kier molecular flexibility index (Phi) is 3.08. The quantitative estimate of drug-likeness (QED) is 0.357. The van der Waals surface area contributed by atoms with Gasteiger partial charge in [-0.25, -0.2) is 9.69 Å². The molecule has 2 aromatic rings. The lowest BCUT2D eigenvalue weighted by atomic mass is 9.63. The molecule has 6 heteroatoms. The van der Waals surface area contributed by atoms with Crippen LogP contribution in [-0.4, -0.2) is 17.8 Å². The number of hydrogen-bond donors (Lipinski definition) is 0. The van der Waals surface area contributed by atoms with Crippen LogP contribution in [0.2, 0.25) is 0 Å². The van der Waals surface area contributed by atoms with E-state index in [9.17, 15) is 14.4 Å². The van der Waals surface area contributed by atoms with Crippen molar-refractivity contribution in [2.24, 2.45) is 35.5 Å². The molecule has 0 N–H and O–H groups in total. The average molecular weight is 375 g/mol. The smallest absolute Gasteiger partial charge is 0.379 e. The fraction of sp³-hybridized carbons (Fsp3) is 0.318. The molecule has 1 aliphatic heterocycles. The number of carbonyl (C=O) groups is 3. The number of imide groups is 1. The summed E-state index contributed by atoms with van der Waals surface area (Å²) in [4.78, 5) is 39.7. The summed E-state index contributed by atoms with van der Waals surface area (Å²) in [5.74, 6) is 0.455. The van der Waals surface area contributed by atoms with Crippen LogP contribution in [0.5, 0.6) is 5.75 Å². The van der Waals surface area contributed by atoms with E-state index < -0.39 is 5.97 Å². The Morgan fingerprint density at radius 3 is 2.36 bits per heavy atom. The van der Waals surface area contributed by atoms with E-state index in [1.54, 1.807) is 30.3 Å². The molecule has 28 heavy (non-hydrogen) atoms. The lowest BCUT2D eigenvalue weighted by Gasteiger charge is -2.37. The number of furan rings is 1. The molecule has 1 aromatic carbocycles. The summed E-state index contributed by atoms with van der Waals surface area (Å²) in [7, 11) is 0. The van der Waals surface area contributed by atoms with E-state index in [0.29, 0.717) is 17.5 Å². The summed E-state index contributed by atoms with van der Waals surface area (Å²) in [5, 5.41) is 0. The van der Waals surface area contributed by atoms with E-state index in [-0.39, 0.29) is 47.0 Å². The van der Waals surface area contributed by atoms with Crippen LogP contribution >= 0.6 is 0 Å². The first-order valence-electron chi connectivity index (χ1n) is 9.55. The number of benzene rings is 1. The van der Waals surface area contributed by atoms with Crippen LogP contribution in [-0.2, 0) is 9.59 Å². The predicted molar refractivity (Wildman–Crippen MR) is 97.3 cm³/mol. The highest BCUT2D eigenvalue weighted by atomic mass is 16.5. The van der Waals surface area contributed by atoms with Crippen molar-refractivity contribution in [3.8, 4) is 5.75 Å². The van der Waals surface area contributed by atoms with Crippen molar-refractivity contribution < 1.29 is 23.5 Å². The molecule has 0 radical (unpaired) electrons. The van der Waals surface area contributed by atoms with Gasteiger partial charge in [-0.15, -0.1) is 0 Å². The van der Waals surface area contributed by atoms with Crippen molar-refractivity contribution in [3.05, 3.63) is 60.6 Å². The second-order valence-electron chi connectivity index (χ2n) is 8.03. The standard InChI is InChI=1S/C22H17NO5/c24-20-18-13-6-7-14(16-10-15(13)16)19(18)21(25)23(20)11-3-1-4-12(9-11)28-22(26)17-5-2-8-27-17/h1-9,13-16,18-19H,10H2/t13-,14-,15-,16-,18-,19+/m0/s1. The van der Waals surface area contributed by atoms with Crippen LogP contribution in [0.3, 0.4) is 0 Å². The lowest BCUT2D eigenvalue weighted by molar-refractivity contribution is -0.124. The summed E-state index contributed by atoms with van der Waals surface area (Å²) in [6.45, 7) is 0. The zero-order valence-corrected chi connectivity index (χ0v) is 14.9. The molecule has 2 bridgehead atoms. The molecule has 6 nitrogen and oxygen atoms in total. The van der Waals surface area contributed by atoms with Crippen LogP contribution in [0.4, 0.5) is 5.69 Å². The molecule has 7 rings (SSSR count). The Labute approximate surface area is 160 Å². The first kappa shape index (κ1) is 15.9. The highest BCUT2D eigenvalue weighted by Gasteiger charge is 2.67. The number of nitrogens with zero attached hydrogens (tertiary/aromatic N) is 1. The largest absolute Gasteiger partial charge is 0.457 e. The molecular formula is C22H17NO5. The first-order chi connectivity index (χ1) is 13.6. The number of rotatable bonds is 3. The lowest BCUT2D eigenvalue weighted by Crippen LogP contribution is -2.40. The molecule has 0 unspecified atom stereocenters. The molecule has 6 atom stereocenters. The van der Waals surface area contributed by atoms with Crippen LogP contribution in [0, 0.1) is 35.5 Å². The average Bonchev–Trinajstić information content (AvgIpc) is 3.26. The summed E-state index contributed by atoms with van der Waals surface area (Å²) >= 11 is 0. The molecule has 2 amide bonds. The number of anilines is 1. The van der Waals surface area contributed by atoms with Crippen molar-refractivity contribution in [3.63, 3.8) is 0 Å². The van der Waals surface area contributed by atoms with Crippen molar-refractivity contribution in [2.75, 3.05) is 4.90 Å². The second kappa shape index (κ2) is 5.44. The van der Waals surface area contributed by atoms with Crippen molar-refractivity contribution in [2.45, 2.75) is 6.42 Å². The Balaban J connectivity index is 1.30. The number of amides is 2. The highest BCUT2D eigenvalue weighted by molar-refractivity contribution is 6.22. The molecule has 0 spiro atoms. The third-order valence-electron chi connectivity index (χ3n) is 6.67. The maximum absolute atomic E-state index is 13.2. The minimum Gasteiger partial charge on any atom is -0.457 e. The monoisotopic (exact) mass is 375 g/mol. The third kappa shape index (κ3) is 2.06. The Morgan fingerprint density at radius 1 is 1.00 bits per heavy atom. The van der Waals surface area contributed by atoms with E-state index in [1.807, 2.05) is 0 Å². The summed E-state index contributed by atoms with van der Waals surface area (Å²) in [6.07, 6.45) is 6.82. The summed E-state index contributed by atoms with van der Waals surface area (Å²) in [5.41, 5.74) is 0.446. The van der Waals surface area contributed by atoms with Crippen molar-refractivity contribution >= 4 is 23.5 Å². The van der Waals surface area contributed by atoms with Gasteiger partial charge in [0, 0.05) is 6.07 Å². The number of hydrogen-bond acceptors (Lipinski definition) is 5. The first-order valence-corrected chi connectivity index (χ1v) is 9.55. The molecule has 2 heterocycles. The Bertz CT molecular complexity index is 1000. The normalized spacial score (nSPS) is 34.4. The van der Waals surface area contributed by atoms with Crippen molar-refractivity contribution in [1.82, 2.24) is 0 Å². The minimum atomic E-state index is -0.628. The van der Waals surface area contributed by atoms with Gasteiger partial charge in [0.25, 0.3) is 0 Å². The Morgan fingerprint density at radius 2 is 1.71 bits per heavy atom. The number of allylic oxidation sites excluding steroid dienone is 2. The molecule has 2 saturated carbocycles. The fourth-order valence-electron chi connectivity index (χ4n) is 5.45. The van der Waals surface area contributed by atoms with Gasteiger partial charge in [-0.1, -0.05) is 18.2 Å². The van der Waals surface area contributed by atoms with Crippen LogP contribution < -0.4 is 9.64 Å². The summed E-state index contributed by atoms with van der Waals surface area (Å²) in [6, 6.07) is 9.66. The van der Waals surface area contributed by atoms with Gasteiger partial charge in [0.2, 0.25) is 17.6 Å². The zero-order chi connectivity index (χ0) is 19.0. The molecule has 3 fully saturated rings. The summed E-state index contributed by atoms with van der Waals surface area (Å²) < 4.78 is 10.4. The minimum absolute atomic E-state index is 0.0895. The van der Waals surface area contributed by atoms with E-state index >= 15 is 0 Å². The van der Waals surface area contributed by atoms with Crippen LogP contribution in [0.1, 0.15) is 17.0 Å². The van der Waals surface area contributed by atoms with E-state index in [4.69, 9.17) is 9.15 Å². The van der Waals surface area contributed by atoms with E-state index in [0.717, 1.165) is 6.42 Å². The molecular weight excluding hydrogens is 358 g/mol. The topological polar surface area (TPSA) is 76.8 Å². The highest BCUT2D eigenvalue weighted by Crippen LogP contribution is 2.65. The second-order valence-corrected chi connectivity index (χ2v) is 8.03. The van der Waals surface area contributed by atoms with Gasteiger partial charge in [-0.3, -0.25) is 9.59 Å². The van der Waals surface area contributed by atoms with Gasteiger partial charge in [-0.2, -0.15) is 0 Å². The number of ether oxygens (including phenoxy) is 1. The third-order valence-corrected chi connectivity index (χ3v) is 6.67. The fourth-order valence-corrected chi connectivity index (χ4v) is 5.45. The SMILES string of the molecule is O=C(Oc1cccc(N2C(=O)[C@@H]3[C@H]4C=C[C@@H]([C@@H]5C[C@@H]45)[C@@H]3C2=O)c1)c1ccco1. The van der Waals surface area contributed by atoms with Gasteiger partial charge < -0.3 is 9.15 Å². The molecule has 4 aliphatic carbocycles. The van der Waals surface area contributed by atoms with Gasteiger partial charge in [-0.05, 0) is 54.4 Å². The molecule has 140 valence electrons.